The average molecular weight is 291 g/mol. The van der Waals surface area contributed by atoms with Crippen molar-refractivity contribution in [3.05, 3.63) is 47.0 Å². The topological polar surface area (TPSA) is 78.0 Å². The molecule has 3 N–H and O–H groups in total. The van der Waals surface area contributed by atoms with Crippen LogP contribution in [0.4, 0.5) is 10.1 Å². The van der Waals surface area contributed by atoms with Crippen LogP contribution < -0.4 is 5.32 Å². The summed E-state index contributed by atoms with van der Waals surface area (Å²) >= 11 is 0. The molecule has 21 heavy (non-hydrogen) atoms. The number of aromatic carboxylic acids is 1. The van der Waals surface area contributed by atoms with Crippen molar-refractivity contribution >= 4 is 11.7 Å². The van der Waals surface area contributed by atoms with Gasteiger partial charge in [-0.2, -0.15) is 5.10 Å². The SMILES string of the molecule is CC(C)(C)c1cc(CNc2ccc(F)c(C(=O)O)c2)[nH]n1. The number of benzene rings is 1. The summed E-state index contributed by atoms with van der Waals surface area (Å²) in [5.74, 6) is -2.03. The minimum atomic E-state index is -1.28. The van der Waals surface area contributed by atoms with Crippen molar-refractivity contribution in [3.63, 3.8) is 0 Å². The third-order valence-corrected chi connectivity index (χ3v) is 3.08. The Morgan fingerprint density at radius 1 is 1.38 bits per heavy atom. The maximum Gasteiger partial charge on any atom is 0.338 e. The van der Waals surface area contributed by atoms with E-state index in [2.05, 4.69) is 36.3 Å². The van der Waals surface area contributed by atoms with Crippen molar-refractivity contribution in [3.8, 4) is 0 Å². The molecule has 1 aromatic carbocycles. The second-order valence-corrected chi connectivity index (χ2v) is 5.88. The van der Waals surface area contributed by atoms with Crippen molar-refractivity contribution in [2.24, 2.45) is 0 Å². The zero-order valence-electron chi connectivity index (χ0n) is 12.2. The number of anilines is 1. The fraction of sp³-hybridized carbons (Fsp3) is 0.333. The molecular formula is C15H18FN3O2. The van der Waals surface area contributed by atoms with E-state index in [0.717, 1.165) is 17.5 Å². The van der Waals surface area contributed by atoms with Crippen molar-refractivity contribution in [1.29, 1.82) is 0 Å². The van der Waals surface area contributed by atoms with Gasteiger partial charge in [0.05, 0.1) is 23.5 Å². The molecule has 0 spiro atoms. The first kappa shape index (κ1) is 15.0. The number of hydrogen-bond acceptors (Lipinski definition) is 3. The molecule has 0 saturated heterocycles. The van der Waals surface area contributed by atoms with Gasteiger partial charge >= 0.3 is 5.97 Å². The van der Waals surface area contributed by atoms with Crippen LogP contribution in [0.15, 0.2) is 24.3 Å². The molecule has 112 valence electrons. The highest BCUT2D eigenvalue weighted by Crippen LogP contribution is 2.21. The smallest absolute Gasteiger partial charge is 0.338 e. The summed E-state index contributed by atoms with van der Waals surface area (Å²) < 4.78 is 13.3. The molecule has 2 rings (SSSR count). The van der Waals surface area contributed by atoms with Gasteiger partial charge in [0.2, 0.25) is 0 Å². The number of rotatable bonds is 4. The molecule has 0 aliphatic heterocycles. The quantitative estimate of drug-likeness (QED) is 0.808. The highest BCUT2D eigenvalue weighted by Gasteiger charge is 2.17. The Morgan fingerprint density at radius 3 is 2.67 bits per heavy atom. The van der Waals surface area contributed by atoms with E-state index >= 15 is 0 Å². The highest BCUT2D eigenvalue weighted by molar-refractivity contribution is 5.89. The molecule has 0 amide bonds. The van der Waals surface area contributed by atoms with Crippen LogP contribution in [0.1, 0.15) is 42.5 Å². The molecule has 1 aromatic heterocycles. The molecule has 2 aromatic rings. The normalized spacial score (nSPS) is 11.4. The standard InChI is InChI=1S/C15H18FN3O2/c1-15(2,3)13-7-10(18-19-13)8-17-9-4-5-12(16)11(6-9)14(20)21/h4-7,17H,8H2,1-3H3,(H,18,19)(H,20,21). The lowest BCUT2D eigenvalue weighted by Gasteiger charge is -2.13. The van der Waals surface area contributed by atoms with Gasteiger partial charge in [-0.1, -0.05) is 20.8 Å². The van der Waals surface area contributed by atoms with E-state index in [4.69, 9.17) is 5.11 Å². The number of carboxylic acids is 1. The number of nitrogens with one attached hydrogen (secondary N) is 2. The van der Waals surface area contributed by atoms with Gasteiger partial charge in [-0.25, -0.2) is 9.18 Å². The summed E-state index contributed by atoms with van der Waals surface area (Å²) in [5.41, 5.74) is 1.98. The van der Waals surface area contributed by atoms with Crippen LogP contribution in [0.5, 0.6) is 0 Å². The summed E-state index contributed by atoms with van der Waals surface area (Å²) in [6, 6.07) is 5.87. The summed E-state index contributed by atoms with van der Waals surface area (Å²) in [6.07, 6.45) is 0. The maximum atomic E-state index is 13.3. The number of carboxylic acid groups (broad SMARTS) is 1. The Morgan fingerprint density at radius 2 is 2.10 bits per heavy atom. The Bertz CT molecular complexity index is 659. The van der Waals surface area contributed by atoms with E-state index in [1.165, 1.54) is 12.1 Å². The van der Waals surface area contributed by atoms with Crippen LogP contribution in [0.2, 0.25) is 0 Å². The third kappa shape index (κ3) is 3.59. The molecule has 0 saturated carbocycles. The van der Waals surface area contributed by atoms with Crippen LogP contribution in [-0.2, 0) is 12.0 Å². The number of H-pyrrole nitrogens is 1. The van der Waals surface area contributed by atoms with E-state index in [1.807, 2.05) is 6.07 Å². The summed E-state index contributed by atoms with van der Waals surface area (Å²) in [4.78, 5) is 10.9. The Kier molecular flexibility index (Phi) is 3.97. The van der Waals surface area contributed by atoms with Gasteiger partial charge in [-0.05, 0) is 24.3 Å². The summed E-state index contributed by atoms with van der Waals surface area (Å²) in [7, 11) is 0. The molecule has 0 fully saturated rings. The molecule has 0 aliphatic rings. The average Bonchev–Trinajstić information content (AvgIpc) is 2.86. The van der Waals surface area contributed by atoms with E-state index in [9.17, 15) is 9.18 Å². The van der Waals surface area contributed by atoms with Crippen LogP contribution in [0.3, 0.4) is 0 Å². The maximum absolute atomic E-state index is 13.3. The van der Waals surface area contributed by atoms with E-state index in [-0.39, 0.29) is 11.0 Å². The number of aromatic nitrogens is 2. The highest BCUT2D eigenvalue weighted by atomic mass is 19.1. The van der Waals surface area contributed by atoms with Crippen molar-refractivity contribution in [2.75, 3.05) is 5.32 Å². The van der Waals surface area contributed by atoms with Gasteiger partial charge in [0.1, 0.15) is 5.82 Å². The fourth-order valence-electron chi connectivity index (χ4n) is 1.83. The minimum Gasteiger partial charge on any atom is -0.478 e. The first-order chi connectivity index (χ1) is 9.77. The summed E-state index contributed by atoms with van der Waals surface area (Å²) in [6.45, 7) is 6.66. The Labute approximate surface area is 122 Å². The molecule has 0 radical (unpaired) electrons. The third-order valence-electron chi connectivity index (χ3n) is 3.08. The molecule has 1 heterocycles. The predicted molar refractivity (Wildman–Crippen MR) is 78.0 cm³/mol. The second kappa shape index (κ2) is 5.55. The lowest BCUT2D eigenvalue weighted by molar-refractivity contribution is 0.0692. The molecule has 0 bridgehead atoms. The van der Waals surface area contributed by atoms with E-state index in [0.29, 0.717) is 12.2 Å². The van der Waals surface area contributed by atoms with Gasteiger partial charge in [-0.3, -0.25) is 5.10 Å². The fourth-order valence-corrected chi connectivity index (χ4v) is 1.83. The molecular weight excluding hydrogens is 273 g/mol. The molecule has 0 aliphatic carbocycles. The Hall–Kier alpha value is -2.37. The second-order valence-electron chi connectivity index (χ2n) is 5.88. The van der Waals surface area contributed by atoms with Gasteiger partial charge in [0.15, 0.2) is 0 Å². The van der Waals surface area contributed by atoms with Gasteiger partial charge < -0.3 is 10.4 Å². The van der Waals surface area contributed by atoms with E-state index < -0.39 is 11.8 Å². The van der Waals surface area contributed by atoms with Crippen LogP contribution in [0.25, 0.3) is 0 Å². The van der Waals surface area contributed by atoms with Crippen LogP contribution in [0, 0.1) is 5.82 Å². The lowest BCUT2D eigenvalue weighted by Crippen LogP contribution is -2.11. The van der Waals surface area contributed by atoms with Crippen LogP contribution >= 0.6 is 0 Å². The monoisotopic (exact) mass is 291 g/mol. The largest absolute Gasteiger partial charge is 0.478 e. The summed E-state index contributed by atoms with van der Waals surface area (Å²) in [5, 5.41) is 19.1. The van der Waals surface area contributed by atoms with E-state index in [1.54, 1.807) is 0 Å². The minimum absolute atomic E-state index is 0.0406. The predicted octanol–water partition coefficient (Wildman–Crippen LogP) is 3.16. The Balaban J connectivity index is 2.08. The molecule has 6 heteroatoms. The number of aromatic amines is 1. The number of hydrogen-bond donors (Lipinski definition) is 3. The number of halogens is 1. The zero-order valence-corrected chi connectivity index (χ0v) is 12.2. The van der Waals surface area contributed by atoms with Gasteiger partial charge in [0, 0.05) is 11.1 Å². The molecule has 5 nitrogen and oxygen atoms in total. The number of nitrogens with zero attached hydrogens (tertiary/aromatic N) is 1. The van der Waals surface area contributed by atoms with Crippen molar-refractivity contribution in [2.45, 2.75) is 32.7 Å². The van der Waals surface area contributed by atoms with Crippen molar-refractivity contribution < 1.29 is 14.3 Å². The van der Waals surface area contributed by atoms with Crippen LogP contribution in [-0.4, -0.2) is 21.3 Å². The van der Waals surface area contributed by atoms with Crippen molar-refractivity contribution in [1.82, 2.24) is 10.2 Å². The van der Waals surface area contributed by atoms with Gasteiger partial charge in [-0.15, -0.1) is 0 Å². The van der Waals surface area contributed by atoms with Gasteiger partial charge in [0.25, 0.3) is 0 Å². The molecule has 0 unspecified atom stereocenters. The first-order valence-electron chi connectivity index (χ1n) is 6.59. The first-order valence-corrected chi connectivity index (χ1v) is 6.59. The lowest BCUT2D eigenvalue weighted by atomic mass is 9.92. The zero-order chi connectivity index (χ0) is 15.6. The number of carbonyl (C=O) groups is 1. The molecule has 0 atom stereocenters.